The second kappa shape index (κ2) is 8.32. The van der Waals surface area contributed by atoms with E-state index in [1.165, 1.54) is 6.33 Å². The number of nitrogens with zero attached hydrogens (tertiary/aromatic N) is 7. The van der Waals surface area contributed by atoms with Gasteiger partial charge in [0.25, 0.3) is 0 Å². The van der Waals surface area contributed by atoms with Crippen LogP contribution < -0.4 is 4.90 Å². The van der Waals surface area contributed by atoms with Crippen LogP contribution in [0, 0.1) is 5.92 Å². The zero-order valence-corrected chi connectivity index (χ0v) is 17.4. The Bertz CT molecular complexity index is 992. The third kappa shape index (κ3) is 3.76. The Balaban J connectivity index is 1.55. The molecule has 4 rings (SSSR count). The normalized spacial score (nSPS) is 14.8. The molecule has 0 N–H and O–H groups in total. The predicted octanol–water partition coefficient (Wildman–Crippen LogP) is 2.95. The van der Waals surface area contributed by atoms with E-state index in [1.807, 2.05) is 29.2 Å². The predicted molar refractivity (Wildman–Crippen MR) is 112 cm³/mol. The molecule has 8 nitrogen and oxygen atoms in total. The van der Waals surface area contributed by atoms with Crippen LogP contribution in [0.2, 0.25) is 5.02 Å². The van der Waals surface area contributed by atoms with E-state index in [0.717, 1.165) is 24.3 Å². The van der Waals surface area contributed by atoms with Gasteiger partial charge in [0.05, 0.1) is 5.69 Å². The van der Waals surface area contributed by atoms with E-state index >= 15 is 0 Å². The van der Waals surface area contributed by atoms with Gasteiger partial charge in [-0.15, -0.1) is 5.10 Å². The maximum atomic E-state index is 12.6. The van der Waals surface area contributed by atoms with E-state index in [4.69, 9.17) is 11.6 Å². The Morgan fingerprint density at radius 1 is 1.07 bits per heavy atom. The van der Waals surface area contributed by atoms with Crippen LogP contribution in [0.4, 0.5) is 5.82 Å². The minimum absolute atomic E-state index is 0.117. The molecule has 0 unspecified atom stereocenters. The van der Waals surface area contributed by atoms with Crippen LogP contribution in [0.25, 0.3) is 16.9 Å². The molecule has 0 saturated carbocycles. The Hall–Kier alpha value is -2.74. The summed E-state index contributed by atoms with van der Waals surface area (Å²) in [6.07, 6.45) is 3.31. The number of hydrogen-bond acceptors (Lipinski definition) is 6. The van der Waals surface area contributed by atoms with Gasteiger partial charge in [0, 0.05) is 37.1 Å². The highest BCUT2D eigenvalue weighted by Gasteiger charge is 2.27. The number of fused-ring (bicyclic) bond motifs is 1. The van der Waals surface area contributed by atoms with E-state index in [-0.39, 0.29) is 11.8 Å². The van der Waals surface area contributed by atoms with Gasteiger partial charge < -0.3 is 9.80 Å². The number of rotatable bonds is 5. The van der Waals surface area contributed by atoms with Gasteiger partial charge in [-0.3, -0.25) is 4.79 Å². The van der Waals surface area contributed by atoms with Crippen LogP contribution in [0.5, 0.6) is 0 Å². The molecule has 1 aliphatic heterocycles. The lowest BCUT2D eigenvalue weighted by Gasteiger charge is -2.36. The van der Waals surface area contributed by atoms with Crippen LogP contribution in [-0.4, -0.2) is 61.9 Å². The molecule has 2 aromatic heterocycles. The van der Waals surface area contributed by atoms with Gasteiger partial charge in [0.2, 0.25) is 5.91 Å². The van der Waals surface area contributed by atoms with Crippen LogP contribution in [0.3, 0.4) is 0 Å². The summed E-state index contributed by atoms with van der Waals surface area (Å²) in [6, 6.07) is 7.37. The largest absolute Gasteiger partial charge is 0.351 e. The highest BCUT2D eigenvalue weighted by atomic mass is 35.5. The van der Waals surface area contributed by atoms with Crippen molar-refractivity contribution in [3.05, 3.63) is 35.6 Å². The molecule has 0 atom stereocenters. The maximum Gasteiger partial charge on any atom is 0.225 e. The molecule has 9 heteroatoms. The second-order valence-corrected chi connectivity index (χ2v) is 7.61. The van der Waals surface area contributed by atoms with Crippen molar-refractivity contribution in [1.29, 1.82) is 0 Å². The number of carbonyl (C=O) groups excluding carboxylic acids is 1. The highest BCUT2D eigenvalue weighted by molar-refractivity contribution is 6.30. The van der Waals surface area contributed by atoms with Crippen LogP contribution in [-0.2, 0) is 4.79 Å². The smallest absolute Gasteiger partial charge is 0.225 e. The van der Waals surface area contributed by atoms with Crippen LogP contribution >= 0.6 is 11.6 Å². The van der Waals surface area contributed by atoms with Crippen molar-refractivity contribution in [2.75, 3.05) is 31.1 Å². The average Bonchev–Trinajstić information content (AvgIpc) is 3.19. The first-order valence-corrected chi connectivity index (χ1v) is 10.4. The summed E-state index contributed by atoms with van der Waals surface area (Å²) in [5.41, 5.74) is 2.14. The van der Waals surface area contributed by atoms with Crippen LogP contribution in [0.15, 0.2) is 30.6 Å². The van der Waals surface area contributed by atoms with Crippen molar-refractivity contribution in [3.63, 3.8) is 0 Å². The van der Waals surface area contributed by atoms with Gasteiger partial charge in [0.15, 0.2) is 17.0 Å². The molecule has 1 saturated heterocycles. The molecular weight excluding hydrogens is 390 g/mol. The van der Waals surface area contributed by atoms with Crippen molar-refractivity contribution in [3.8, 4) is 5.69 Å². The summed E-state index contributed by atoms with van der Waals surface area (Å²) in [6.45, 7) is 6.95. The fraction of sp³-hybridized carbons (Fsp3) is 0.450. The number of carbonyl (C=O) groups is 1. The Morgan fingerprint density at radius 2 is 1.76 bits per heavy atom. The highest BCUT2D eigenvalue weighted by Crippen LogP contribution is 2.24. The van der Waals surface area contributed by atoms with Gasteiger partial charge in [-0.2, -0.15) is 4.68 Å². The van der Waals surface area contributed by atoms with Gasteiger partial charge in [0.1, 0.15) is 6.33 Å². The molecule has 1 aromatic carbocycles. The van der Waals surface area contributed by atoms with Gasteiger partial charge >= 0.3 is 0 Å². The average molecular weight is 414 g/mol. The number of amides is 1. The Labute approximate surface area is 174 Å². The number of halogens is 1. The van der Waals surface area contributed by atoms with Gasteiger partial charge in [-0.1, -0.05) is 30.7 Å². The standard InChI is InChI=1S/C20H24ClN7O/c1-3-14(4-2)20(29)27-11-9-26(10-12-27)18-17-19(23-13-22-18)28(25-24-17)16-7-5-15(21)6-8-16/h5-8,13-14H,3-4,9-12H2,1-2H3. The lowest BCUT2D eigenvalue weighted by Crippen LogP contribution is -2.50. The third-order valence-corrected chi connectivity index (χ3v) is 5.77. The molecule has 3 aromatic rings. The first kappa shape index (κ1) is 19.6. The Morgan fingerprint density at radius 3 is 2.41 bits per heavy atom. The van der Waals surface area contributed by atoms with Crippen molar-refractivity contribution >= 4 is 34.5 Å². The lowest BCUT2D eigenvalue weighted by atomic mass is 10.0. The van der Waals surface area contributed by atoms with Crippen molar-refractivity contribution in [2.24, 2.45) is 5.92 Å². The molecule has 152 valence electrons. The summed E-state index contributed by atoms with van der Waals surface area (Å²) < 4.78 is 1.68. The first-order chi connectivity index (χ1) is 14.1. The van der Waals surface area contributed by atoms with Gasteiger partial charge in [-0.05, 0) is 37.1 Å². The number of benzene rings is 1. The van der Waals surface area contributed by atoms with E-state index in [0.29, 0.717) is 42.4 Å². The Kier molecular flexibility index (Phi) is 5.62. The minimum atomic E-state index is 0.117. The topological polar surface area (TPSA) is 80.0 Å². The van der Waals surface area contributed by atoms with Crippen molar-refractivity contribution < 1.29 is 4.79 Å². The molecule has 3 heterocycles. The number of hydrogen-bond donors (Lipinski definition) is 0. The van der Waals surface area contributed by atoms with E-state index < -0.39 is 0 Å². The molecule has 1 aliphatic rings. The molecule has 29 heavy (non-hydrogen) atoms. The fourth-order valence-corrected chi connectivity index (χ4v) is 3.89. The summed E-state index contributed by atoms with van der Waals surface area (Å²) in [4.78, 5) is 25.6. The zero-order chi connectivity index (χ0) is 20.4. The second-order valence-electron chi connectivity index (χ2n) is 7.17. The van der Waals surface area contributed by atoms with Gasteiger partial charge in [-0.25, -0.2) is 9.97 Å². The van der Waals surface area contributed by atoms with E-state index in [9.17, 15) is 4.79 Å². The lowest BCUT2D eigenvalue weighted by molar-refractivity contribution is -0.136. The number of anilines is 1. The molecule has 0 radical (unpaired) electrons. The summed E-state index contributed by atoms with van der Waals surface area (Å²) >= 11 is 5.98. The fourth-order valence-electron chi connectivity index (χ4n) is 3.76. The minimum Gasteiger partial charge on any atom is -0.351 e. The number of piperazine rings is 1. The summed E-state index contributed by atoms with van der Waals surface area (Å²) in [5, 5.41) is 9.26. The van der Waals surface area contributed by atoms with Crippen LogP contribution in [0.1, 0.15) is 26.7 Å². The molecular formula is C20H24ClN7O. The van der Waals surface area contributed by atoms with E-state index in [1.54, 1.807) is 4.68 Å². The summed E-state index contributed by atoms with van der Waals surface area (Å²) in [7, 11) is 0. The number of aromatic nitrogens is 5. The monoisotopic (exact) mass is 413 g/mol. The van der Waals surface area contributed by atoms with E-state index in [2.05, 4.69) is 39.0 Å². The molecule has 1 amide bonds. The summed E-state index contributed by atoms with van der Waals surface area (Å²) in [5.74, 6) is 1.13. The third-order valence-electron chi connectivity index (χ3n) is 5.52. The molecule has 0 bridgehead atoms. The molecule has 0 spiro atoms. The molecule has 1 fully saturated rings. The maximum absolute atomic E-state index is 12.6. The van der Waals surface area contributed by atoms with Crippen molar-refractivity contribution in [1.82, 2.24) is 29.9 Å². The van der Waals surface area contributed by atoms with Crippen molar-refractivity contribution in [2.45, 2.75) is 26.7 Å². The first-order valence-electron chi connectivity index (χ1n) is 9.98. The SMILES string of the molecule is CCC(CC)C(=O)N1CCN(c2ncnc3c2nnn3-c2ccc(Cl)cc2)CC1. The quantitative estimate of drug-likeness (QED) is 0.639. The molecule has 0 aliphatic carbocycles. The zero-order valence-electron chi connectivity index (χ0n) is 16.6.